The molecule has 0 aliphatic carbocycles. The van der Waals surface area contributed by atoms with Crippen molar-refractivity contribution in [3.05, 3.63) is 46.6 Å². The lowest BCUT2D eigenvalue weighted by molar-refractivity contribution is -0.0153. The van der Waals surface area contributed by atoms with Crippen molar-refractivity contribution < 1.29 is 9.47 Å². The summed E-state index contributed by atoms with van der Waals surface area (Å²) in [6.45, 7) is 6.62. The average Bonchev–Trinajstić information content (AvgIpc) is 2.43. The molecule has 1 aromatic heterocycles. The number of anilines is 1. The van der Waals surface area contributed by atoms with Crippen LogP contribution in [-0.4, -0.2) is 11.6 Å². The molecule has 1 aromatic carbocycles. The fourth-order valence-electron chi connectivity index (χ4n) is 2.11. The third kappa shape index (κ3) is 3.74. The Morgan fingerprint density at radius 3 is 2.62 bits per heavy atom. The first-order valence-electron chi connectivity index (χ1n) is 6.77. The summed E-state index contributed by atoms with van der Waals surface area (Å²) >= 11 is 3.32. The number of hydrogen-bond donors (Lipinski definition) is 1. The van der Waals surface area contributed by atoms with Crippen molar-refractivity contribution in [2.75, 3.05) is 12.3 Å². The Hall–Kier alpha value is -1.59. The normalized spacial score (nSPS) is 11.4. The predicted octanol–water partition coefficient (Wildman–Crippen LogP) is 4.49. The highest BCUT2D eigenvalue weighted by atomic mass is 79.9. The largest absolute Gasteiger partial charge is 0.437 e. The molecule has 0 atom stereocenters. The molecule has 112 valence electrons. The number of rotatable bonds is 5. The Labute approximate surface area is 133 Å². The summed E-state index contributed by atoms with van der Waals surface area (Å²) in [5.41, 5.74) is 6.90. The van der Waals surface area contributed by atoms with E-state index in [1.807, 2.05) is 45.0 Å². The van der Waals surface area contributed by atoms with Crippen LogP contribution >= 0.6 is 15.9 Å². The molecule has 0 saturated carbocycles. The van der Waals surface area contributed by atoms with E-state index in [-0.39, 0.29) is 0 Å². The van der Waals surface area contributed by atoms with E-state index < -0.39 is 5.60 Å². The van der Waals surface area contributed by atoms with Crippen LogP contribution in [0.2, 0.25) is 0 Å². The number of ether oxygens (including phenoxy) is 2. The van der Waals surface area contributed by atoms with Gasteiger partial charge in [0.1, 0.15) is 10.4 Å². The van der Waals surface area contributed by atoms with Crippen molar-refractivity contribution in [2.45, 2.75) is 26.4 Å². The van der Waals surface area contributed by atoms with Crippen molar-refractivity contribution in [1.82, 2.24) is 4.98 Å². The van der Waals surface area contributed by atoms with E-state index in [0.29, 0.717) is 28.5 Å². The highest BCUT2D eigenvalue weighted by molar-refractivity contribution is 9.10. The van der Waals surface area contributed by atoms with Gasteiger partial charge in [-0.3, -0.25) is 0 Å². The Morgan fingerprint density at radius 1 is 1.19 bits per heavy atom. The second-order valence-corrected chi connectivity index (χ2v) is 5.88. The number of nitrogens with two attached hydrogens (primary N) is 1. The molecular formula is C16H19BrN2O2. The molecule has 0 aliphatic heterocycles. The standard InChI is InChI=1S/C16H19BrN2O2/c1-4-20-16(2,3)11-7-5-6-8-13(11)21-15-12(18)9-10-14(17)19-15/h5-10H,4,18H2,1-3H3. The molecule has 2 aromatic rings. The average molecular weight is 351 g/mol. The second kappa shape index (κ2) is 6.45. The van der Waals surface area contributed by atoms with E-state index >= 15 is 0 Å². The summed E-state index contributed by atoms with van der Waals surface area (Å²) in [6, 6.07) is 11.3. The lowest BCUT2D eigenvalue weighted by Crippen LogP contribution is -2.22. The number of nitrogen functional groups attached to an aromatic ring is 1. The molecule has 0 amide bonds. The van der Waals surface area contributed by atoms with Gasteiger partial charge < -0.3 is 15.2 Å². The zero-order chi connectivity index (χ0) is 15.5. The summed E-state index contributed by atoms with van der Waals surface area (Å²) < 4.78 is 12.4. The van der Waals surface area contributed by atoms with Crippen LogP contribution in [0.15, 0.2) is 41.0 Å². The van der Waals surface area contributed by atoms with Crippen LogP contribution in [0.4, 0.5) is 5.69 Å². The van der Waals surface area contributed by atoms with E-state index in [9.17, 15) is 0 Å². The molecule has 0 radical (unpaired) electrons. The first kappa shape index (κ1) is 15.8. The summed E-state index contributed by atoms with van der Waals surface area (Å²) in [7, 11) is 0. The number of pyridine rings is 1. The number of nitrogens with zero attached hydrogens (tertiary/aromatic N) is 1. The molecule has 5 heteroatoms. The van der Waals surface area contributed by atoms with Crippen LogP contribution in [0.25, 0.3) is 0 Å². The predicted molar refractivity (Wildman–Crippen MR) is 87.5 cm³/mol. The summed E-state index contributed by atoms with van der Waals surface area (Å²) in [5, 5.41) is 0. The topological polar surface area (TPSA) is 57.4 Å². The Balaban J connectivity index is 2.39. The lowest BCUT2D eigenvalue weighted by Gasteiger charge is -2.27. The molecule has 0 unspecified atom stereocenters. The van der Waals surface area contributed by atoms with Gasteiger partial charge in [-0.2, -0.15) is 0 Å². The molecule has 21 heavy (non-hydrogen) atoms. The van der Waals surface area contributed by atoms with Gasteiger partial charge >= 0.3 is 0 Å². The minimum atomic E-state index is -0.452. The smallest absolute Gasteiger partial charge is 0.243 e. The Bertz CT molecular complexity index is 629. The van der Waals surface area contributed by atoms with Gasteiger partial charge in [-0.15, -0.1) is 0 Å². The molecule has 0 saturated heterocycles. The van der Waals surface area contributed by atoms with Gasteiger partial charge in [0.15, 0.2) is 0 Å². The molecule has 0 bridgehead atoms. The minimum Gasteiger partial charge on any atom is -0.437 e. The number of hydrogen-bond acceptors (Lipinski definition) is 4. The van der Waals surface area contributed by atoms with E-state index in [4.69, 9.17) is 15.2 Å². The van der Waals surface area contributed by atoms with Gasteiger partial charge in [-0.05, 0) is 54.9 Å². The van der Waals surface area contributed by atoms with E-state index in [2.05, 4.69) is 20.9 Å². The molecule has 0 aliphatic rings. The van der Waals surface area contributed by atoms with E-state index in [1.54, 1.807) is 12.1 Å². The second-order valence-electron chi connectivity index (χ2n) is 5.07. The molecular weight excluding hydrogens is 332 g/mol. The highest BCUT2D eigenvalue weighted by Crippen LogP contribution is 2.36. The molecule has 4 nitrogen and oxygen atoms in total. The van der Waals surface area contributed by atoms with Gasteiger partial charge in [0.25, 0.3) is 0 Å². The SMILES string of the molecule is CCOC(C)(C)c1ccccc1Oc1nc(Br)ccc1N. The fourth-order valence-corrected chi connectivity index (χ4v) is 2.40. The quantitative estimate of drug-likeness (QED) is 0.807. The number of para-hydroxylation sites is 1. The molecule has 2 rings (SSSR count). The Morgan fingerprint density at radius 2 is 1.90 bits per heavy atom. The van der Waals surface area contributed by atoms with Gasteiger partial charge in [0.05, 0.1) is 11.3 Å². The number of halogens is 1. The third-order valence-electron chi connectivity index (χ3n) is 3.10. The van der Waals surface area contributed by atoms with Crippen LogP contribution in [0.5, 0.6) is 11.6 Å². The van der Waals surface area contributed by atoms with Crippen LogP contribution in [0.1, 0.15) is 26.3 Å². The van der Waals surface area contributed by atoms with Crippen LogP contribution in [0, 0.1) is 0 Å². The Kier molecular flexibility index (Phi) is 4.85. The zero-order valence-electron chi connectivity index (χ0n) is 12.4. The van der Waals surface area contributed by atoms with E-state index in [1.165, 1.54) is 0 Å². The van der Waals surface area contributed by atoms with Crippen LogP contribution in [-0.2, 0) is 10.3 Å². The zero-order valence-corrected chi connectivity index (χ0v) is 14.0. The summed E-state index contributed by atoms with van der Waals surface area (Å²) in [4.78, 5) is 4.27. The highest BCUT2D eigenvalue weighted by Gasteiger charge is 2.25. The van der Waals surface area contributed by atoms with Gasteiger partial charge in [0, 0.05) is 12.2 Å². The monoisotopic (exact) mass is 350 g/mol. The summed E-state index contributed by atoms with van der Waals surface area (Å²) in [6.07, 6.45) is 0. The number of benzene rings is 1. The fraction of sp³-hybridized carbons (Fsp3) is 0.312. The maximum atomic E-state index is 5.92. The first-order valence-corrected chi connectivity index (χ1v) is 7.56. The van der Waals surface area contributed by atoms with Gasteiger partial charge in [0.2, 0.25) is 5.88 Å². The van der Waals surface area contributed by atoms with Crippen molar-refractivity contribution in [2.24, 2.45) is 0 Å². The van der Waals surface area contributed by atoms with Crippen LogP contribution in [0.3, 0.4) is 0 Å². The van der Waals surface area contributed by atoms with Crippen molar-refractivity contribution in [3.8, 4) is 11.6 Å². The van der Waals surface area contributed by atoms with Crippen LogP contribution < -0.4 is 10.5 Å². The molecule has 0 spiro atoms. The van der Waals surface area contributed by atoms with Gasteiger partial charge in [-0.25, -0.2) is 4.98 Å². The lowest BCUT2D eigenvalue weighted by atomic mass is 9.97. The minimum absolute atomic E-state index is 0.379. The third-order valence-corrected chi connectivity index (χ3v) is 3.54. The summed E-state index contributed by atoms with van der Waals surface area (Å²) in [5.74, 6) is 1.07. The molecule has 2 N–H and O–H groups in total. The molecule has 0 fully saturated rings. The van der Waals surface area contributed by atoms with Crippen molar-refractivity contribution in [1.29, 1.82) is 0 Å². The van der Waals surface area contributed by atoms with Gasteiger partial charge in [-0.1, -0.05) is 18.2 Å². The van der Waals surface area contributed by atoms with E-state index in [0.717, 1.165) is 5.56 Å². The first-order chi connectivity index (χ1) is 9.94. The van der Waals surface area contributed by atoms with Crippen molar-refractivity contribution in [3.63, 3.8) is 0 Å². The van der Waals surface area contributed by atoms with Crippen molar-refractivity contribution >= 4 is 21.6 Å². The number of aromatic nitrogens is 1. The molecule has 1 heterocycles. The maximum Gasteiger partial charge on any atom is 0.243 e. The maximum absolute atomic E-state index is 5.92.